The predicted octanol–water partition coefficient (Wildman–Crippen LogP) is 1.99. The molecular weight excluding hydrogens is 264 g/mol. The normalized spacial score (nSPS) is 17.1. The van der Waals surface area contributed by atoms with E-state index in [2.05, 4.69) is 11.0 Å². The van der Waals surface area contributed by atoms with Crippen LogP contribution >= 0.6 is 0 Å². The largest absolute Gasteiger partial charge is 0.422 e. The van der Waals surface area contributed by atoms with Crippen LogP contribution in [0.3, 0.4) is 0 Å². The number of aryl methyl sites for hydroxylation is 2. The number of hydrogen-bond donors (Lipinski definition) is 1. The van der Waals surface area contributed by atoms with E-state index in [1.807, 2.05) is 6.07 Å². The van der Waals surface area contributed by atoms with Crippen molar-refractivity contribution in [3.8, 4) is 0 Å². The summed E-state index contributed by atoms with van der Waals surface area (Å²) >= 11 is 0. The summed E-state index contributed by atoms with van der Waals surface area (Å²) in [5.41, 5.74) is 10.8. The third-order valence-corrected chi connectivity index (χ3v) is 4.70. The lowest BCUT2D eigenvalue weighted by molar-refractivity contribution is 0.540. The Hall–Kier alpha value is -1.81. The number of fused-ring (bicyclic) bond motifs is 2. The van der Waals surface area contributed by atoms with Gasteiger partial charge in [0.15, 0.2) is 0 Å². The first-order valence-electron chi connectivity index (χ1n) is 7.84. The van der Waals surface area contributed by atoms with Gasteiger partial charge in [0.1, 0.15) is 5.58 Å². The molecule has 2 N–H and O–H groups in total. The summed E-state index contributed by atoms with van der Waals surface area (Å²) in [6, 6.07) is 4.20. The SMILES string of the molecule is NCCc1cc2cc3c4c(c2oc1=O)CCCN4CCC3. The van der Waals surface area contributed by atoms with Gasteiger partial charge in [0.2, 0.25) is 0 Å². The van der Waals surface area contributed by atoms with E-state index in [1.54, 1.807) is 0 Å². The minimum absolute atomic E-state index is 0.225. The molecule has 110 valence electrons. The minimum atomic E-state index is -0.225. The van der Waals surface area contributed by atoms with Crippen LogP contribution in [-0.4, -0.2) is 19.6 Å². The molecule has 4 heteroatoms. The Morgan fingerprint density at radius 2 is 2.00 bits per heavy atom. The van der Waals surface area contributed by atoms with Gasteiger partial charge >= 0.3 is 5.63 Å². The predicted molar refractivity (Wildman–Crippen MR) is 84.1 cm³/mol. The molecule has 2 aliphatic rings. The molecule has 21 heavy (non-hydrogen) atoms. The number of hydrogen-bond acceptors (Lipinski definition) is 4. The average Bonchev–Trinajstić information content (AvgIpc) is 2.50. The van der Waals surface area contributed by atoms with Crippen molar-refractivity contribution in [1.29, 1.82) is 0 Å². The third-order valence-electron chi connectivity index (χ3n) is 4.70. The topological polar surface area (TPSA) is 59.5 Å². The van der Waals surface area contributed by atoms with Crippen molar-refractivity contribution in [3.63, 3.8) is 0 Å². The molecule has 4 nitrogen and oxygen atoms in total. The molecule has 0 atom stereocenters. The average molecular weight is 284 g/mol. The number of nitrogens with two attached hydrogens (primary N) is 1. The van der Waals surface area contributed by atoms with Crippen LogP contribution in [0.4, 0.5) is 5.69 Å². The zero-order valence-electron chi connectivity index (χ0n) is 12.2. The summed E-state index contributed by atoms with van der Waals surface area (Å²) in [4.78, 5) is 14.6. The Morgan fingerprint density at radius 3 is 2.81 bits per heavy atom. The second kappa shape index (κ2) is 4.88. The van der Waals surface area contributed by atoms with E-state index in [0.29, 0.717) is 18.5 Å². The molecule has 3 heterocycles. The van der Waals surface area contributed by atoms with Crippen molar-refractivity contribution in [1.82, 2.24) is 0 Å². The fourth-order valence-electron chi connectivity index (χ4n) is 3.82. The summed E-state index contributed by atoms with van der Waals surface area (Å²) in [5.74, 6) is 0. The zero-order chi connectivity index (χ0) is 14.4. The Labute approximate surface area is 123 Å². The van der Waals surface area contributed by atoms with E-state index in [9.17, 15) is 4.79 Å². The summed E-state index contributed by atoms with van der Waals surface area (Å²) in [7, 11) is 0. The first-order chi connectivity index (χ1) is 10.3. The number of rotatable bonds is 2. The van der Waals surface area contributed by atoms with Gasteiger partial charge in [-0.05, 0) is 56.3 Å². The lowest BCUT2D eigenvalue weighted by atomic mass is 9.90. The van der Waals surface area contributed by atoms with Crippen LogP contribution in [0, 0.1) is 0 Å². The van der Waals surface area contributed by atoms with E-state index >= 15 is 0 Å². The second-order valence-electron chi connectivity index (χ2n) is 6.07. The first-order valence-corrected chi connectivity index (χ1v) is 7.84. The molecule has 0 saturated heterocycles. The van der Waals surface area contributed by atoms with E-state index < -0.39 is 0 Å². The van der Waals surface area contributed by atoms with Gasteiger partial charge in [-0.2, -0.15) is 0 Å². The molecule has 2 aromatic rings. The van der Waals surface area contributed by atoms with Gasteiger partial charge in [-0.3, -0.25) is 0 Å². The molecule has 4 rings (SSSR count). The third kappa shape index (κ3) is 1.97. The van der Waals surface area contributed by atoms with Crippen LogP contribution in [-0.2, 0) is 19.3 Å². The first kappa shape index (κ1) is 12.9. The lowest BCUT2D eigenvalue weighted by Gasteiger charge is -2.37. The Balaban J connectivity index is 2.01. The monoisotopic (exact) mass is 284 g/mol. The maximum absolute atomic E-state index is 12.1. The van der Waals surface area contributed by atoms with Crippen molar-refractivity contribution in [3.05, 3.63) is 39.2 Å². The maximum Gasteiger partial charge on any atom is 0.339 e. The van der Waals surface area contributed by atoms with Crippen molar-refractivity contribution in [2.24, 2.45) is 5.73 Å². The van der Waals surface area contributed by atoms with Crippen LogP contribution in [0.25, 0.3) is 11.0 Å². The minimum Gasteiger partial charge on any atom is -0.422 e. The van der Waals surface area contributed by atoms with Crippen molar-refractivity contribution in [2.45, 2.75) is 32.1 Å². The fraction of sp³-hybridized carbons (Fsp3) is 0.471. The highest BCUT2D eigenvalue weighted by Crippen LogP contribution is 2.39. The molecule has 0 bridgehead atoms. The highest BCUT2D eigenvalue weighted by Gasteiger charge is 2.26. The number of anilines is 1. The van der Waals surface area contributed by atoms with Gasteiger partial charge in [-0.15, -0.1) is 0 Å². The second-order valence-corrected chi connectivity index (χ2v) is 6.07. The van der Waals surface area contributed by atoms with Crippen LogP contribution in [0.15, 0.2) is 21.3 Å². The van der Waals surface area contributed by atoms with Crippen molar-refractivity contribution < 1.29 is 4.42 Å². The van der Waals surface area contributed by atoms with Gasteiger partial charge in [0.25, 0.3) is 0 Å². The highest BCUT2D eigenvalue weighted by molar-refractivity contribution is 5.88. The van der Waals surface area contributed by atoms with Gasteiger partial charge < -0.3 is 15.1 Å². The van der Waals surface area contributed by atoms with Crippen molar-refractivity contribution >= 4 is 16.7 Å². The van der Waals surface area contributed by atoms with E-state index in [0.717, 1.165) is 43.3 Å². The van der Waals surface area contributed by atoms with Crippen molar-refractivity contribution in [2.75, 3.05) is 24.5 Å². The molecule has 0 fully saturated rings. The van der Waals surface area contributed by atoms with Gasteiger partial charge in [0.05, 0.1) is 0 Å². The van der Waals surface area contributed by atoms with Gasteiger partial charge in [-0.1, -0.05) is 0 Å². The Kier molecular flexibility index (Phi) is 3.00. The fourth-order valence-corrected chi connectivity index (χ4v) is 3.82. The molecule has 0 spiro atoms. The zero-order valence-corrected chi connectivity index (χ0v) is 12.2. The summed E-state index contributed by atoms with van der Waals surface area (Å²) in [6.45, 7) is 2.73. The highest BCUT2D eigenvalue weighted by atomic mass is 16.4. The molecule has 0 unspecified atom stereocenters. The Morgan fingerprint density at radius 1 is 1.19 bits per heavy atom. The Bertz CT molecular complexity index is 761. The van der Waals surface area contributed by atoms with Crippen LogP contribution in [0.1, 0.15) is 29.5 Å². The molecule has 0 radical (unpaired) electrons. The molecule has 0 aliphatic carbocycles. The summed E-state index contributed by atoms with van der Waals surface area (Å²) in [5, 5.41) is 1.07. The standard InChI is InChI=1S/C17H20N2O2/c18-6-5-12-10-13-9-11-3-1-7-19-8-2-4-14(15(11)19)16(13)21-17(12)20/h9-10H,1-8,18H2. The molecule has 0 saturated carbocycles. The van der Waals surface area contributed by atoms with E-state index in [4.69, 9.17) is 10.2 Å². The number of nitrogens with zero attached hydrogens (tertiary/aromatic N) is 1. The maximum atomic E-state index is 12.1. The lowest BCUT2D eigenvalue weighted by Crippen LogP contribution is -2.34. The van der Waals surface area contributed by atoms with E-state index in [1.165, 1.54) is 23.2 Å². The quantitative estimate of drug-likeness (QED) is 0.857. The molecule has 0 amide bonds. The molecule has 1 aromatic carbocycles. The molecule has 2 aliphatic heterocycles. The summed E-state index contributed by atoms with van der Waals surface area (Å²) < 4.78 is 5.68. The smallest absolute Gasteiger partial charge is 0.339 e. The van der Waals surface area contributed by atoms with Crippen LogP contribution in [0.5, 0.6) is 0 Å². The molecular formula is C17H20N2O2. The number of benzene rings is 1. The van der Waals surface area contributed by atoms with Crippen LogP contribution < -0.4 is 16.3 Å². The van der Waals surface area contributed by atoms with Gasteiger partial charge in [0, 0.05) is 35.3 Å². The van der Waals surface area contributed by atoms with Gasteiger partial charge in [-0.25, -0.2) is 4.79 Å². The van der Waals surface area contributed by atoms with Crippen LogP contribution in [0.2, 0.25) is 0 Å². The summed E-state index contributed by atoms with van der Waals surface area (Å²) in [6.07, 6.45) is 5.07. The molecule has 1 aromatic heterocycles. The van der Waals surface area contributed by atoms with E-state index in [-0.39, 0.29) is 5.63 Å².